The van der Waals surface area contributed by atoms with Crippen LogP contribution in [0.1, 0.15) is 20.9 Å². The van der Waals surface area contributed by atoms with Gasteiger partial charge < -0.3 is 10.2 Å². The number of nitrogens with zero attached hydrogens (tertiary/aromatic N) is 5. The van der Waals surface area contributed by atoms with Crippen molar-refractivity contribution >= 4 is 23.2 Å². The fourth-order valence-electron chi connectivity index (χ4n) is 3.57. The summed E-state index contributed by atoms with van der Waals surface area (Å²) in [7, 11) is 0. The maximum Gasteiger partial charge on any atom is 0.416 e. The third-order valence-electron chi connectivity index (χ3n) is 5.38. The largest absolute Gasteiger partial charge is 0.416 e. The van der Waals surface area contributed by atoms with Gasteiger partial charge in [-0.3, -0.25) is 9.69 Å². The van der Waals surface area contributed by atoms with Gasteiger partial charge in [-0.2, -0.15) is 13.2 Å². The number of alkyl halides is 3. The molecule has 0 aliphatic carbocycles. The first-order valence-electron chi connectivity index (χ1n) is 10.5. The summed E-state index contributed by atoms with van der Waals surface area (Å²) in [6.45, 7) is 6.29. The molecule has 33 heavy (non-hydrogen) atoms. The van der Waals surface area contributed by atoms with Gasteiger partial charge in [0.15, 0.2) is 0 Å². The molecule has 11 heteroatoms. The topological polar surface area (TPSA) is 74.2 Å². The van der Waals surface area contributed by atoms with Crippen LogP contribution in [-0.2, 0) is 6.18 Å². The standard InChI is InChI=1S/C22H23F3N6OS/c1-15-18(33-20(29-15)16-3-5-17(6-4-16)22(23,24)25)19(32)26-9-10-30-11-13-31(14-12-30)21-27-7-2-8-28-21/h2-8H,9-14H2,1H3,(H,26,32). The number of aryl methyl sites for hydroxylation is 1. The van der Waals surface area contributed by atoms with Gasteiger partial charge in [-0.1, -0.05) is 12.1 Å². The normalized spacial score (nSPS) is 15.0. The third kappa shape index (κ3) is 5.66. The molecule has 3 aromatic rings. The smallest absolute Gasteiger partial charge is 0.350 e. The number of hydrogen-bond donors (Lipinski definition) is 1. The molecule has 1 amide bonds. The van der Waals surface area contributed by atoms with Crippen molar-refractivity contribution in [2.75, 3.05) is 44.2 Å². The number of aromatic nitrogens is 3. The fourth-order valence-corrected chi connectivity index (χ4v) is 4.55. The lowest BCUT2D eigenvalue weighted by molar-refractivity contribution is -0.137. The Morgan fingerprint density at radius 2 is 1.76 bits per heavy atom. The van der Waals surface area contributed by atoms with Crippen molar-refractivity contribution in [3.63, 3.8) is 0 Å². The van der Waals surface area contributed by atoms with Gasteiger partial charge in [-0.25, -0.2) is 15.0 Å². The highest BCUT2D eigenvalue weighted by molar-refractivity contribution is 7.17. The first kappa shape index (κ1) is 23.1. The average Bonchev–Trinajstić information content (AvgIpc) is 3.21. The Kier molecular flexibility index (Phi) is 6.89. The SMILES string of the molecule is Cc1nc(-c2ccc(C(F)(F)F)cc2)sc1C(=O)NCCN1CCN(c2ncccn2)CC1. The summed E-state index contributed by atoms with van der Waals surface area (Å²) in [5.74, 6) is 0.509. The molecule has 0 unspecified atom stereocenters. The van der Waals surface area contributed by atoms with Crippen molar-refractivity contribution in [1.82, 2.24) is 25.2 Å². The van der Waals surface area contributed by atoms with E-state index in [1.807, 2.05) is 0 Å². The van der Waals surface area contributed by atoms with E-state index in [9.17, 15) is 18.0 Å². The van der Waals surface area contributed by atoms with E-state index >= 15 is 0 Å². The number of rotatable bonds is 6. The molecule has 1 aliphatic heterocycles. The first-order chi connectivity index (χ1) is 15.8. The maximum absolute atomic E-state index is 12.8. The van der Waals surface area contributed by atoms with Crippen molar-refractivity contribution in [3.8, 4) is 10.6 Å². The minimum atomic E-state index is -4.38. The van der Waals surface area contributed by atoms with E-state index in [4.69, 9.17) is 0 Å². The Morgan fingerprint density at radius 1 is 1.09 bits per heavy atom. The zero-order valence-corrected chi connectivity index (χ0v) is 18.8. The molecule has 0 spiro atoms. The number of halogens is 3. The van der Waals surface area contributed by atoms with Crippen molar-refractivity contribution in [3.05, 3.63) is 58.9 Å². The molecule has 2 aromatic heterocycles. The lowest BCUT2D eigenvalue weighted by Gasteiger charge is -2.34. The summed E-state index contributed by atoms with van der Waals surface area (Å²) in [4.78, 5) is 30.5. The van der Waals surface area contributed by atoms with Crippen LogP contribution in [0.2, 0.25) is 0 Å². The summed E-state index contributed by atoms with van der Waals surface area (Å²) in [5, 5.41) is 3.45. The molecule has 1 aliphatic rings. The number of thiazole rings is 1. The van der Waals surface area contributed by atoms with Gasteiger partial charge >= 0.3 is 6.18 Å². The van der Waals surface area contributed by atoms with Gasteiger partial charge in [-0.15, -0.1) is 11.3 Å². The number of nitrogens with one attached hydrogen (secondary N) is 1. The predicted octanol–water partition coefficient (Wildman–Crippen LogP) is 3.48. The highest BCUT2D eigenvalue weighted by Crippen LogP contribution is 2.33. The van der Waals surface area contributed by atoms with Crippen molar-refractivity contribution in [2.24, 2.45) is 0 Å². The number of carbonyl (C=O) groups is 1. The van der Waals surface area contributed by atoms with Crippen LogP contribution in [0.25, 0.3) is 10.6 Å². The average molecular weight is 477 g/mol. The monoisotopic (exact) mass is 476 g/mol. The van der Waals surface area contributed by atoms with E-state index in [-0.39, 0.29) is 5.91 Å². The molecule has 1 fully saturated rings. The minimum Gasteiger partial charge on any atom is -0.350 e. The molecule has 1 aromatic carbocycles. The van der Waals surface area contributed by atoms with Gasteiger partial charge in [0.05, 0.1) is 11.3 Å². The molecule has 0 atom stereocenters. The Hall–Kier alpha value is -3.05. The predicted molar refractivity (Wildman–Crippen MR) is 120 cm³/mol. The molecular weight excluding hydrogens is 453 g/mol. The summed E-state index contributed by atoms with van der Waals surface area (Å²) < 4.78 is 38.3. The molecule has 7 nitrogen and oxygen atoms in total. The summed E-state index contributed by atoms with van der Waals surface area (Å²) in [5.41, 5.74) is 0.397. The van der Waals surface area contributed by atoms with Gasteiger partial charge in [0.1, 0.15) is 9.88 Å². The van der Waals surface area contributed by atoms with Crippen molar-refractivity contribution in [1.29, 1.82) is 0 Å². The molecule has 0 radical (unpaired) electrons. The highest BCUT2D eigenvalue weighted by Gasteiger charge is 2.30. The quantitative estimate of drug-likeness (QED) is 0.587. The second-order valence-corrected chi connectivity index (χ2v) is 8.64. The summed E-state index contributed by atoms with van der Waals surface area (Å²) >= 11 is 1.18. The van der Waals surface area contributed by atoms with E-state index in [1.165, 1.54) is 23.5 Å². The molecule has 0 saturated carbocycles. The molecule has 174 valence electrons. The summed E-state index contributed by atoms with van der Waals surface area (Å²) in [6.07, 6.45) is -0.923. The Labute approximate surface area is 193 Å². The lowest BCUT2D eigenvalue weighted by Crippen LogP contribution is -2.49. The molecule has 0 bridgehead atoms. The Bertz CT molecular complexity index is 1080. The second-order valence-electron chi connectivity index (χ2n) is 7.64. The van der Waals surface area contributed by atoms with E-state index < -0.39 is 11.7 Å². The molecule has 4 rings (SSSR count). The number of hydrogen-bond acceptors (Lipinski definition) is 7. The van der Waals surface area contributed by atoms with E-state index in [0.29, 0.717) is 27.7 Å². The number of anilines is 1. The van der Waals surface area contributed by atoms with Gasteiger partial charge in [0.2, 0.25) is 5.95 Å². The van der Waals surface area contributed by atoms with Crippen LogP contribution in [0.4, 0.5) is 19.1 Å². The Morgan fingerprint density at radius 3 is 2.39 bits per heavy atom. The zero-order valence-electron chi connectivity index (χ0n) is 18.0. The van der Waals surface area contributed by atoms with Gasteiger partial charge in [0.25, 0.3) is 5.91 Å². The van der Waals surface area contributed by atoms with Crippen LogP contribution in [0.5, 0.6) is 0 Å². The first-order valence-corrected chi connectivity index (χ1v) is 11.3. The Balaban J connectivity index is 1.28. The molecule has 1 saturated heterocycles. The van der Waals surface area contributed by atoms with Gasteiger partial charge in [0, 0.05) is 57.2 Å². The maximum atomic E-state index is 12.8. The number of carbonyl (C=O) groups excluding carboxylic acids is 1. The molecule has 3 heterocycles. The van der Waals surface area contributed by atoms with Crippen LogP contribution >= 0.6 is 11.3 Å². The lowest BCUT2D eigenvalue weighted by atomic mass is 10.1. The molecule has 1 N–H and O–H groups in total. The number of piperazine rings is 1. The van der Waals surface area contributed by atoms with Gasteiger partial charge in [-0.05, 0) is 25.1 Å². The highest BCUT2D eigenvalue weighted by atomic mass is 32.1. The zero-order chi connectivity index (χ0) is 23.4. The fraction of sp³-hybridized carbons (Fsp3) is 0.364. The van der Waals surface area contributed by atoms with Crippen LogP contribution in [0, 0.1) is 6.92 Å². The number of benzene rings is 1. The van der Waals surface area contributed by atoms with Crippen LogP contribution in [0.3, 0.4) is 0 Å². The van der Waals surface area contributed by atoms with Crippen LogP contribution in [-0.4, -0.2) is 65.0 Å². The van der Waals surface area contributed by atoms with Crippen LogP contribution in [0.15, 0.2) is 42.7 Å². The van der Waals surface area contributed by atoms with Crippen molar-refractivity contribution < 1.29 is 18.0 Å². The van der Waals surface area contributed by atoms with Crippen LogP contribution < -0.4 is 10.2 Å². The van der Waals surface area contributed by atoms with E-state index in [2.05, 4.69) is 30.1 Å². The van der Waals surface area contributed by atoms with E-state index in [1.54, 1.807) is 25.4 Å². The van der Waals surface area contributed by atoms with E-state index in [0.717, 1.165) is 50.8 Å². The third-order valence-corrected chi connectivity index (χ3v) is 6.59. The number of amides is 1. The summed E-state index contributed by atoms with van der Waals surface area (Å²) in [6, 6.07) is 6.59. The minimum absolute atomic E-state index is 0.223. The molecular formula is C22H23F3N6OS. The van der Waals surface area contributed by atoms with Crippen molar-refractivity contribution in [2.45, 2.75) is 13.1 Å². The second kappa shape index (κ2) is 9.84.